The molecule has 106 valence electrons. The topological polar surface area (TPSA) is 37.8 Å². The summed E-state index contributed by atoms with van der Waals surface area (Å²) in [6.45, 7) is 3.25. The smallest absolute Gasteiger partial charge is 0.0419 e. The van der Waals surface area contributed by atoms with Gasteiger partial charge in [-0.15, -0.1) is 0 Å². The Morgan fingerprint density at radius 1 is 1.00 bits per heavy atom. The minimum atomic E-state index is 0.465. The molecule has 0 bridgehead atoms. The Labute approximate surface area is 121 Å². The van der Waals surface area contributed by atoms with Gasteiger partial charge in [-0.2, -0.15) is 0 Å². The van der Waals surface area contributed by atoms with Crippen molar-refractivity contribution in [1.82, 2.24) is 15.3 Å². The van der Waals surface area contributed by atoms with Crippen LogP contribution in [0.4, 0.5) is 0 Å². The van der Waals surface area contributed by atoms with Crippen LogP contribution >= 0.6 is 0 Å². The first-order valence-corrected chi connectivity index (χ1v) is 7.41. The van der Waals surface area contributed by atoms with Gasteiger partial charge in [0.05, 0.1) is 0 Å². The predicted molar refractivity (Wildman–Crippen MR) is 82.6 cm³/mol. The molecule has 3 nitrogen and oxygen atoms in total. The van der Waals surface area contributed by atoms with E-state index in [4.69, 9.17) is 0 Å². The van der Waals surface area contributed by atoms with Crippen LogP contribution < -0.4 is 5.32 Å². The second kappa shape index (κ2) is 8.43. The molecular formula is C17H23N3. The minimum absolute atomic E-state index is 0.465. The maximum Gasteiger partial charge on any atom is 0.0419 e. The fourth-order valence-corrected chi connectivity index (χ4v) is 2.26. The molecule has 2 heterocycles. The first kappa shape index (κ1) is 14.7. The SMILES string of the molecule is CCCNC(CCc1ccccn1)Cc1ccccn1. The van der Waals surface area contributed by atoms with E-state index in [0.29, 0.717) is 6.04 Å². The highest BCUT2D eigenvalue weighted by molar-refractivity contribution is 5.07. The van der Waals surface area contributed by atoms with Crippen LogP contribution in [-0.2, 0) is 12.8 Å². The number of aryl methyl sites for hydroxylation is 1. The summed E-state index contributed by atoms with van der Waals surface area (Å²) in [4.78, 5) is 8.82. The lowest BCUT2D eigenvalue weighted by molar-refractivity contribution is 0.472. The number of rotatable bonds is 8. The molecule has 1 unspecified atom stereocenters. The van der Waals surface area contributed by atoms with Crippen molar-refractivity contribution in [3.8, 4) is 0 Å². The molecular weight excluding hydrogens is 246 g/mol. The van der Waals surface area contributed by atoms with E-state index < -0.39 is 0 Å². The lowest BCUT2D eigenvalue weighted by atomic mass is 10.0. The number of pyridine rings is 2. The number of hydrogen-bond donors (Lipinski definition) is 1. The third-order valence-corrected chi connectivity index (χ3v) is 3.34. The van der Waals surface area contributed by atoms with E-state index >= 15 is 0 Å². The Morgan fingerprint density at radius 2 is 1.70 bits per heavy atom. The van der Waals surface area contributed by atoms with Crippen LogP contribution in [0.15, 0.2) is 48.8 Å². The van der Waals surface area contributed by atoms with Crippen LogP contribution in [0.25, 0.3) is 0 Å². The molecule has 1 atom stereocenters. The molecule has 2 rings (SSSR count). The van der Waals surface area contributed by atoms with Gasteiger partial charge in [-0.1, -0.05) is 19.1 Å². The summed E-state index contributed by atoms with van der Waals surface area (Å²) in [5.41, 5.74) is 2.32. The molecule has 0 saturated carbocycles. The summed E-state index contributed by atoms with van der Waals surface area (Å²) in [5.74, 6) is 0. The van der Waals surface area contributed by atoms with E-state index in [0.717, 1.165) is 43.6 Å². The molecule has 0 aliphatic heterocycles. The van der Waals surface area contributed by atoms with Crippen molar-refractivity contribution >= 4 is 0 Å². The van der Waals surface area contributed by atoms with E-state index in [2.05, 4.69) is 46.5 Å². The standard InChI is InChI=1S/C17H23N3/c1-2-11-18-17(14-16-8-4-6-13-20-16)10-9-15-7-3-5-12-19-15/h3-8,12-13,17-18H,2,9-11,14H2,1H3. The summed E-state index contributed by atoms with van der Waals surface area (Å²) in [6.07, 6.45) is 7.96. The lowest BCUT2D eigenvalue weighted by Crippen LogP contribution is -2.32. The minimum Gasteiger partial charge on any atom is -0.314 e. The number of hydrogen-bond acceptors (Lipinski definition) is 3. The normalized spacial score (nSPS) is 12.2. The molecule has 0 aliphatic carbocycles. The Hall–Kier alpha value is -1.74. The van der Waals surface area contributed by atoms with Crippen molar-refractivity contribution in [2.75, 3.05) is 6.54 Å². The van der Waals surface area contributed by atoms with Crippen LogP contribution in [0.2, 0.25) is 0 Å². The van der Waals surface area contributed by atoms with Gasteiger partial charge in [-0.3, -0.25) is 9.97 Å². The number of nitrogens with zero attached hydrogens (tertiary/aromatic N) is 2. The largest absolute Gasteiger partial charge is 0.314 e. The first-order valence-electron chi connectivity index (χ1n) is 7.41. The predicted octanol–water partition coefficient (Wildman–Crippen LogP) is 3.02. The zero-order valence-electron chi connectivity index (χ0n) is 12.1. The Kier molecular flexibility index (Phi) is 6.18. The van der Waals surface area contributed by atoms with Crippen molar-refractivity contribution < 1.29 is 0 Å². The molecule has 3 heteroatoms. The maximum atomic E-state index is 4.43. The lowest BCUT2D eigenvalue weighted by Gasteiger charge is -2.18. The van der Waals surface area contributed by atoms with E-state index in [-0.39, 0.29) is 0 Å². The van der Waals surface area contributed by atoms with Crippen LogP contribution in [0.3, 0.4) is 0 Å². The van der Waals surface area contributed by atoms with E-state index in [1.54, 1.807) is 0 Å². The van der Waals surface area contributed by atoms with Crippen molar-refractivity contribution in [3.05, 3.63) is 60.2 Å². The summed E-state index contributed by atoms with van der Waals surface area (Å²) in [6, 6.07) is 12.7. The van der Waals surface area contributed by atoms with Gasteiger partial charge in [0.2, 0.25) is 0 Å². The quantitative estimate of drug-likeness (QED) is 0.800. The number of nitrogens with one attached hydrogen (secondary N) is 1. The Morgan fingerprint density at radius 3 is 2.30 bits per heavy atom. The molecule has 0 amide bonds. The first-order chi connectivity index (χ1) is 9.88. The second-order valence-corrected chi connectivity index (χ2v) is 5.04. The molecule has 0 spiro atoms. The summed E-state index contributed by atoms with van der Waals surface area (Å²) in [5, 5.41) is 3.62. The van der Waals surface area contributed by atoms with E-state index in [1.807, 2.05) is 24.5 Å². The van der Waals surface area contributed by atoms with Crippen LogP contribution in [0, 0.1) is 0 Å². The fraction of sp³-hybridized carbons (Fsp3) is 0.412. The highest BCUT2D eigenvalue weighted by Crippen LogP contribution is 2.07. The third-order valence-electron chi connectivity index (χ3n) is 3.34. The van der Waals surface area contributed by atoms with Crippen molar-refractivity contribution in [3.63, 3.8) is 0 Å². The molecule has 0 aliphatic rings. The van der Waals surface area contributed by atoms with Crippen molar-refractivity contribution in [2.45, 2.75) is 38.6 Å². The van der Waals surface area contributed by atoms with Crippen LogP contribution in [0.1, 0.15) is 31.2 Å². The third kappa shape index (κ3) is 5.10. The highest BCUT2D eigenvalue weighted by atomic mass is 14.9. The molecule has 2 aromatic rings. The van der Waals surface area contributed by atoms with E-state index in [1.165, 1.54) is 0 Å². The number of aromatic nitrogens is 2. The Bertz CT molecular complexity index is 470. The molecule has 0 fully saturated rings. The molecule has 2 aromatic heterocycles. The van der Waals surface area contributed by atoms with Gasteiger partial charge in [-0.05, 0) is 50.1 Å². The summed E-state index contributed by atoms with van der Waals surface area (Å²) < 4.78 is 0. The zero-order chi connectivity index (χ0) is 14.0. The highest BCUT2D eigenvalue weighted by Gasteiger charge is 2.10. The van der Waals surface area contributed by atoms with Crippen molar-refractivity contribution in [2.24, 2.45) is 0 Å². The second-order valence-electron chi connectivity index (χ2n) is 5.04. The van der Waals surface area contributed by atoms with Gasteiger partial charge < -0.3 is 5.32 Å². The van der Waals surface area contributed by atoms with Gasteiger partial charge >= 0.3 is 0 Å². The van der Waals surface area contributed by atoms with Crippen LogP contribution in [-0.4, -0.2) is 22.6 Å². The van der Waals surface area contributed by atoms with Gasteiger partial charge in [0.25, 0.3) is 0 Å². The van der Waals surface area contributed by atoms with Crippen molar-refractivity contribution in [1.29, 1.82) is 0 Å². The van der Waals surface area contributed by atoms with Gasteiger partial charge in [0.1, 0.15) is 0 Å². The van der Waals surface area contributed by atoms with Gasteiger partial charge in [0, 0.05) is 36.2 Å². The fourth-order valence-electron chi connectivity index (χ4n) is 2.26. The molecule has 0 saturated heterocycles. The zero-order valence-corrected chi connectivity index (χ0v) is 12.1. The van der Waals surface area contributed by atoms with Crippen LogP contribution in [0.5, 0.6) is 0 Å². The average Bonchev–Trinajstić information content (AvgIpc) is 2.52. The maximum absolute atomic E-state index is 4.43. The Balaban J connectivity index is 1.89. The molecule has 20 heavy (non-hydrogen) atoms. The molecule has 1 N–H and O–H groups in total. The van der Waals surface area contributed by atoms with E-state index in [9.17, 15) is 0 Å². The average molecular weight is 269 g/mol. The monoisotopic (exact) mass is 269 g/mol. The molecule has 0 aromatic carbocycles. The molecule has 0 radical (unpaired) electrons. The van der Waals surface area contributed by atoms with Gasteiger partial charge in [0.15, 0.2) is 0 Å². The summed E-state index contributed by atoms with van der Waals surface area (Å²) in [7, 11) is 0. The van der Waals surface area contributed by atoms with Gasteiger partial charge in [-0.25, -0.2) is 0 Å². The summed E-state index contributed by atoms with van der Waals surface area (Å²) >= 11 is 0.